The van der Waals surface area contributed by atoms with Crippen LogP contribution in [0.5, 0.6) is 5.75 Å². The van der Waals surface area contributed by atoms with Crippen LogP contribution in [0.2, 0.25) is 0 Å². The van der Waals surface area contributed by atoms with E-state index in [4.69, 9.17) is 4.74 Å². The van der Waals surface area contributed by atoms with Crippen molar-refractivity contribution in [2.45, 2.75) is 17.9 Å². The van der Waals surface area contributed by atoms with Gasteiger partial charge < -0.3 is 19.5 Å². The van der Waals surface area contributed by atoms with E-state index in [1.807, 2.05) is 10.8 Å². The Balaban J connectivity index is 1.27. The summed E-state index contributed by atoms with van der Waals surface area (Å²) >= 11 is 1.39. The number of methoxy groups -OCH3 is 1. The lowest BCUT2D eigenvalue weighted by Crippen LogP contribution is -2.50. The summed E-state index contributed by atoms with van der Waals surface area (Å²) in [6.07, 6.45) is 6.36. The molecular formula is C21H26N6O4S2. The van der Waals surface area contributed by atoms with Crippen molar-refractivity contribution < 1.29 is 17.9 Å². The smallest absolute Gasteiger partial charge is 0.273 e. The molecule has 0 spiro atoms. The van der Waals surface area contributed by atoms with E-state index in [-0.39, 0.29) is 23.9 Å². The number of ether oxygens (including phenoxy) is 1. The molecule has 3 aromatic rings. The fourth-order valence-electron chi connectivity index (χ4n) is 3.52. The van der Waals surface area contributed by atoms with Crippen LogP contribution in [0.4, 0.5) is 5.13 Å². The van der Waals surface area contributed by atoms with Gasteiger partial charge >= 0.3 is 0 Å². The lowest BCUT2D eigenvalue weighted by Gasteiger charge is -2.33. The first-order valence-corrected chi connectivity index (χ1v) is 12.9. The molecule has 12 heteroatoms. The molecule has 3 heterocycles. The maximum absolute atomic E-state index is 12.9. The topological polar surface area (TPSA) is 110 Å². The molecular weight excluding hydrogens is 464 g/mol. The number of aromatic nitrogens is 3. The normalized spacial score (nSPS) is 14.9. The van der Waals surface area contributed by atoms with Crippen LogP contribution in [0, 0.1) is 0 Å². The number of hydrogen-bond acceptors (Lipinski definition) is 8. The molecule has 0 radical (unpaired) electrons. The van der Waals surface area contributed by atoms with Crippen molar-refractivity contribution in [3.05, 3.63) is 54.1 Å². The van der Waals surface area contributed by atoms with Gasteiger partial charge in [0.15, 0.2) is 5.13 Å². The van der Waals surface area contributed by atoms with E-state index in [0.29, 0.717) is 29.7 Å². The molecule has 2 aromatic heterocycles. The van der Waals surface area contributed by atoms with Crippen molar-refractivity contribution in [3.8, 4) is 5.75 Å². The number of imidazole rings is 1. The molecule has 1 aliphatic heterocycles. The van der Waals surface area contributed by atoms with Crippen LogP contribution in [-0.2, 0) is 16.6 Å². The second-order valence-electron chi connectivity index (χ2n) is 7.49. The van der Waals surface area contributed by atoms with Crippen molar-refractivity contribution in [1.82, 2.24) is 23.7 Å². The third-order valence-electron chi connectivity index (χ3n) is 5.37. The highest BCUT2D eigenvalue weighted by molar-refractivity contribution is 7.89. The van der Waals surface area contributed by atoms with E-state index >= 15 is 0 Å². The number of nitrogens with one attached hydrogen (secondary N) is 1. The second kappa shape index (κ2) is 10.3. The highest BCUT2D eigenvalue weighted by Gasteiger charge is 2.31. The Morgan fingerprint density at radius 1 is 1.18 bits per heavy atom. The molecule has 0 unspecified atom stereocenters. The molecule has 1 aliphatic rings. The number of sulfonamides is 1. The number of carbonyl (C=O) groups excluding carboxylic acids is 1. The van der Waals surface area contributed by atoms with Gasteiger partial charge in [0.2, 0.25) is 10.0 Å². The van der Waals surface area contributed by atoms with E-state index in [0.717, 1.165) is 19.5 Å². The van der Waals surface area contributed by atoms with Gasteiger partial charge in [0.25, 0.3) is 5.91 Å². The zero-order valence-electron chi connectivity index (χ0n) is 18.3. The molecule has 1 N–H and O–H groups in total. The molecule has 0 saturated carbocycles. The van der Waals surface area contributed by atoms with E-state index < -0.39 is 10.0 Å². The summed E-state index contributed by atoms with van der Waals surface area (Å²) in [4.78, 5) is 23.1. The Kier molecular flexibility index (Phi) is 7.26. The van der Waals surface area contributed by atoms with Crippen molar-refractivity contribution in [1.29, 1.82) is 0 Å². The maximum Gasteiger partial charge on any atom is 0.273 e. The quantitative estimate of drug-likeness (QED) is 0.457. The highest BCUT2D eigenvalue weighted by atomic mass is 32.2. The Morgan fingerprint density at radius 3 is 2.61 bits per heavy atom. The Morgan fingerprint density at radius 2 is 1.94 bits per heavy atom. The average molecular weight is 491 g/mol. The number of nitrogens with zero attached hydrogens (tertiary/aromatic N) is 5. The van der Waals surface area contributed by atoms with Gasteiger partial charge in [-0.25, -0.2) is 18.4 Å². The number of aryl methyl sites for hydroxylation is 1. The molecule has 1 amide bonds. The fourth-order valence-corrected chi connectivity index (χ4v) is 5.65. The number of carbonyl (C=O) groups is 1. The number of rotatable bonds is 9. The van der Waals surface area contributed by atoms with Gasteiger partial charge in [-0.05, 0) is 30.7 Å². The Hall–Kier alpha value is -2.96. The SMILES string of the molecule is COc1ccc(S(=O)(=O)N2CCN(C(=O)c3csc(NCCCn4ccnc4)n3)CC2)cc1. The van der Waals surface area contributed by atoms with E-state index in [1.54, 1.807) is 34.9 Å². The standard InChI is InChI=1S/C21H26N6O4S2/c1-31-17-3-5-18(6-4-17)33(29,30)27-13-11-26(12-14-27)20(28)19-15-32-21(24-19)23-7-2-9-25-10-8-22-16-25/h3-6,8,10,15-16H,2,7,9,11-14H2,1H3,(H,23,24). The third kappa shape index (κ3) is 5.52. The maximum atomic E-state index is 12.9. The van der Waals surface area contributed by atoms with E-state index in [2.05, 4.69) is 15.3 Å². The summed E-state index contributed by atoms with van der Waals surface area (Å²) in [6, 6.07) is 6.31. The Labute approximate surface area is 196 Å². The van der Waals surface area contributed by atoms with Gasteiger partial charge in [-0.3, -0.25) is 4.79 Å². The van der Waals surface area contributed by atoms with Gasteiger partial charge in [-0.2, -0.15) is 4.31 Å². The summed E-state index contributed by atoms with van der Waals surface area (Å²) in [5.74, 6) is 0.416. The van der Waals surface area contributed by atoms with Crippen LogP contribution in [0.1, 0.15) is 16.9 Å². The van der Waals surface area contributed by atoms with Gasteiger partial charge in [0.05, 0.1) is 18.3 Å². The predicted molar refractivity (Wildman–Crippen MR) is 125 cm³/mol. The predicted octanol–water partition coefficient (Wildman–Crippen LogP) is 2.00. The summed E-state index contributed by atoms with van der Waals surface area (Å²) in [7, 11) is -2.08. The second-order valence-corrected chi connectivity index (χ2v) is 10.3. The average Bonchev–Trinajstić information content (AvgIpc) is 3.54. The number of benzene rings is 1. The van der Waals surface area contributed by atoms with E-state index in [1.165, 1.54) is 34.9 Å². The molecule has 10 nitrogen and oxygen atoms in total. The van der Waals surface area contributed by atoms with Crippen LogP contribution >= 0.6 is 11.3 Å². The van der Waals surface area contributed by atoms with E-state index in [9.17, 15) is 13.2 Å². The molecule has 1 saturated heterocycles. The van der Waals surface area contributed by atoms with Gasteiger partial charge in [0.1, 0.15) is 11.4 Å². The van der Waals surface area contributed by atoms with Crippen molar-refractivity contribution in [3.63, 3.8) is 0 Å². The Bertz CT molecular complexity index is 1150. The van der Waals surface area contributed by atoms with Crippen LogP contribution in [-0.4, -0.2) is 77.9 Å². The first kappa shape index (κ1) is 23.2. The number of hydrogen-bond donors (Lipinski definition) is 1. The lowest BCUT2D eigenvalue weighted by molar-refractivity contribution is 0.0693. The lowest BCUT2D eigenvalue weighted by atomic mass is 10.3. The summed E-state index contributed by atoms with van der Waals surface area (Å²) in [5.41, 5.74) is 0.378. The van der Waals surface area contributed by atoms with Crippen LogP contribution in [0.3, 0.4) is 0 Å². The molecule has 1 aromatic carbocycles. The highest BCUT2D eigenvalue weighted by Crippen LogP contribution is 2.22. The molecule has 1 fully saturated rings. The minimum absolute atomic E-state index is 0.181. The molecule has 176 valence electrons. The molecule has 4 rings (SSSR count). The number of anilines is 1. The largest absolute Gasteiger partial charge is 0.497 e. The van der Waals surface area contributed by atoms with Gasteiger partial charge in [0, 0.05) is 57.0 Å². The van der Waals surface area contributed by atoms with Gasteiger partial charge in [-0.15, -0.1) is 11.3 Å². The molecule has 0 aliphatic carbocycles. The zero-order valence-corrected chi connectivity index (χ0v) is 19.9. The summed E-state index contributed by atoms with van der Waals surface area (Å²) < 4.78 is 34.3. The van der Waals surface area contributed by atoms with Crippen molar-refractivity contribution >= 4 is 32.4 Å². The van der Waals surface area contributed by atoms with Crippen molar-refractivity contribution in [2.24, 2.45) is 0 Å². The zero-order chi connectivity index (χ0) is 23.3. The van der Waals surface area contributed by atoms with Crippen LogP contribution < -0.4 is 10.1 Å². The molecule has 0 bridgehead atoms. The summed E-state index contributed by atoms with van der Waals surface area (Å²) in [5, 5.41) is 5.68. The molecule has 33 heavy (non-hydrogen) atoms. The summed E-state index contributed by atoms with van der Waals surface area (Å²) in [6.45, 7) is 2.71. The number of piperazine rings is 1. The van der Waals surface area contributed by atoms with Gasteiger partial charge in [-0.1, -0.05) is 0 Å². The molecule has 0 atom stereocenters. The first-order chi connectivity index (χ1) is 16.0. The minimum atomic E-state index is -3.62. The van der Waals surface area contributed by atoms with Crippen LogP contribution in [0.15, 0.2) is 53.3 Å². The number of thiazole rings is 1. The number of amides is 1. The third-order valence-corrected chi connectivity index (χ3v) is 8.09. The van der Waals surface area contributed by atoms with Crippen LogP contribution in [0.25, 0.3) is 0 Å². The fraction of sp³-hybridized carbons (Fsp3) is 0.381. The van der Waals surface area contributed by atoms with Crippen molar-refractivity contribution in [2.75, 3.05) is 45.2 Å². The minimum Gasteiger partial charge on any atom is -0.497 e. The first-order valence-electron chi connectivity index (χ1n) is 10.6. The monoisotopic (exact) mass is 490 g/mol.